The minimum atomic E-state index is 0.861. The van der Waals surface area contributed by atoms with E-state index < -0.39 is 0 Å². The summed E-state index contributed by atoms with van der Waals surface area (Å²) in [5.41, 5.74) is 3.81. The summed E-state index contributed by atoms with van der Waals surface area (Å²) in [6, 6.07) is 10.6. The number of hydrogen-bond acceptors (Lipinski definition) is 3. The van der Waals surface area contributed by atoms with Crippen molar-refractivity contribution in [2.75, 3.05) is 0 Å². The molecule has 0 aliphatic carbocycles. The molecule has 1 aromatic carbocycles. The molecule has 2 aromatic heterocycles. The number of aromatic nitrogens is 2. The van der Waals surface area contributed by atoms with Gasteiger partial charge in [-0.2, -0.15) is 0 Å². The van der Waals surface area contributed by atoms with Crippen LogP contribution in [0.1, 0.15) is 16.7 Å². The predicted molar refractivity (Wildman–Crippen MR) is 81.3 cm³/mol. The number of pyridine rings is 2. The molecular formula is C17H17N3. The lowest BCUT2D eigenvalue weighted by atomic mass is 10.1. The Balaban J connectivity index is 1.67. The first-order valence-electron chi connectivity index (χ1n) is 6.76. The molecule has 0 fully saturated rings. The van der Waals surface area contributed by atoms with Crippen LogP contribution >= 0.6 is 0 Å². The lowest BCUT2D eigenvalue weighted by Crippen LogP contribution is -2.13. The smallest absolute Gasteiger partial charge is 0.0346 e. The van der Waals surface area contributed by atoms with Gasteiger partial charge in [-0.25, -0.2) is 0 Å². The van der Waals surface area contributed by atoms with Crippen LogP contribution in [0.5, 0.6) is 0 Å². The molecule has 1 N–H and O–H groups in total. The van der Waals surface area contributed by atoms with E-state index in [1.807, 2.05) is 30.9 Å². The third-order valence-corrected chi connectivity index (χ3v) is 3.49. The van der Waals surface area contributed by atoms with Crippen LogP contribution in [0.4, 0.5) is 0 Å². The van der Waals surface area contributed by atoms with Crippen molar-refractivity contribution >= 4 is 10.8 Å². The van der Waals surface area contributed by atoms with Gasteiger partial charge in [-0.15, -0.1) is 0 Å². The van der Waals surface area contributed by atoms with Crippen molar-refractivity contribution in [1.29, 1.82) is 0 Å². The summed E-state index contributed by atoms with van der Waals surface area (Å²) in [6.45, 7) is 3.82. The van der Waals surface area contributed by atoms with Gasteiger partial charge in [0.05, 0.1) is 0 Å². The Kier molecular flexibility index (Phi) is 3.70. The van der Waals surface area contributed by atoms with E-state index in [2.05, 4.69) is 46.5 Å². The fourth-order valence-corrected chi connectivity index (χ4v) is 2.28. The lowest BCUT2D eigenvalue weighted by Gasteiger charge is -2.08. The highest BCUT2D eigenvalue weighted by molar-refractivity contribution is 5.81. The highest BCUT2D eigenvalue weighted by Crippen LogP contribution is 2.14. The summed E-state index contributed by atoms with van der Waals surface area (Å²) in [4.78, 5) is 8.24. The molecule has 0 aliphatic heterocycles. The molecule has 100 valence electrons. The van der Waals surface area contributed by atoms with E-state index in [0.29, 0.717) is 0 Å². The summed E-state index contributed by atoms with van der Waals surface area (Å²) in [6.07, 6.45) is 7.47. The maximum absolute atomic E-state index is 4.13. The molecule has 2 heterocycles. The first kappa shape index (κ1) is 12.8. The van der Waals surface area contributed by atoms with E-state index >= 15 is 0 Å². The van der Waals surface area contributed by atoms with Gasteiger partial charge in [0.15, 0.2) is 0 Å². The first-order valence-corrected chi connectivity index (χ1v) is 6.76. The molecule has 3 aromatic rings. The normalized spacial score (nSPS) is 10.8. The van der Waals surface area contributed by atoms with Gasteiger partial charge in [0.25, 0.3) is 0 Å². The SMILES string of the molecule is Cc1cnccc1CNCc1ccc2cnccc2c1. The number of rotatable bonds is 4. The Morgan fingerprint density at radius 2 is 1.75 bits per heavy atom. The molecule has 0 unspecified atom stereocenters. The van der Waals surface area contributed by atoms with E-state index in [4.69, 9.17) is 0 Å². The van der Waals surface area contributed by atoms with Crippen molar-refractivity contribution in [3.63, 3.8) is 0 Å². The predicted octanol–water partition coefficient (Wildman–Crippen LogP) is 3.23. The minimum absolute atomic E-state index is 0.861. The van der Waals surface area contributed by atoms with E-state index in [1.165, 1.54) is 27.5 Å². The quantitative estimate of drug-likeness (QED) is 0.785. The second-order valence-corrected chi connectivity index (χ2v) is 4.96. The van der Waals surface area contributed by atoms with Gasteiger partial charge in [-0.1, -0.05) is 12.1 Å². The molecule has 20 heavy (non-hydrogen) atoms. The number of benzene rings is 1. The maximum Gasteiger partial charge on any atom is 0.0346 e. The molecule has 0 amide bonds. The van der Waals surface area contributed by atoms with Crippen molar-refractivity contribution in [2.24, 2.45) is 0 Å². The van der Waals surface area contributed by atoms with E-state index in [0.717, 1.165) is 13.1 Å². The van der Waals surface area contributed by atoms with Crippen molar-refractivity contribution in [3.8, 4) is 0 Å². The summed E-state index contributed by atoms with van der Waals surface area (Å²) < 4.78 is 0. The molecule has 3 heteroatoms. The fourth-order valence-electron chi connectivity index (χ4n) is 2.28. The van der Waals surface area contributed by atoms with Gasteiger partial charge in [-0.05, 0) is 47.2 Å². The summed E-state index contributed by atoms with van der Waals surface area (Å²) in [5, 5.41) is 5.90. The van der Waals surface area contributed by atoms with Crippen LogP contribution in [0.15, 0.2) is 55.1 Å². The molecule has 3 nitrogen and oxygen atoms in total. The largest absolute Gasteiger partial charge is 0.309 e. The molecule has 3 rings (SSSR count). The monoisotopic (exact) mass is 263 g/mol. The first-order chi connectivity index (χ1) is 9.83. The zero-order chi connectivity index (χ0) is 13.8. The maximum atomic E-state index is 4.13. The van der Waals surface area contributed by atoms with E-state index in [-0.39, 0.29) is 0 Å². The highest BCUT2D eigenvalue weighted by atomic mass is 14.8. The van der Waals surface area contributed by atoms with Crippen molar-refractivity contribution in [1.82, 2.24) is 15.3 Å². The van der Waals surface area contributed by atoms with Crippen molar-refractivity contribution in [3.05, 3.63) is 71.8 Å². The van der Waals surface area contributed by atoms with Gasteiger partial charge in [-0.3, -0.25) is 9.97 Å². The fraction of sp³-hybridized carbons (Fsp3) is 0.176. The minimum Gasteiger partial charge on any atom is -0.309 e. The molecule has 0 saturated heterocycles. The number of nitrogens with zero attached hydrogens (tertiary/aromatic N) is 2. The average molecular weight is 263 g/mol. The Bertz CT molecular complexity index is 722. The van der Waals surface area contributed by atoms with Gasteiger partial charge in [0, 0.05) is 43.3 Å². The van der Waals surface area contributed by atoms with Crippen LogP contribution in [0, 0.1) is 6.92 Å². The Morgan fingerprint density at radius 3 is 2.65 bits per heavy atom. The second-order valence-electron chi connectivity index (χ2n) is 4.96. The number of hydrogen-bond donors (Lipinski definition) is 1. The summed E-state index contributed by atoms with van der Waals surface area (Å²) in [7, 11) is 0. The van der Waals surface area contributed by atoms with Crippen LogP contribution in [0.3, 0.4) is 0 Å². The van der Waals surface area contributed by atoms with E-state index in [9.17, 15) is 0 Å². The number of aryl methyl sites for hydroxylation is 1. The Labute approximate surface area is 118 Å². The van der Waals surface area contributed by atoms with Crippen LogP contribution in [-0.4, -0.2) is 9.97 Å². The summed E-state index contributed by atoms with van der Waals surface area (Å²) in [5.74, 6) is 0. The Morgan fingerprint density at radius 1 is 0.900 bits per heavy atom. The molecule has 0 saturated carbocycles. The molecular weight excluding hydrogens is 246 g/mol. The van der Waals surface area contributed by atoms with Crippen LogP contribution in [0.25, 0.3) is 10.8 Å². The third-order valence-electron chi connectivity index (χ3n) is 3.49. The number of nitrogens with one attached hydrogen (secondary N) is 1. The van der Waals surface area contributed by atoms with Crippen LogP contribution in [0.2, 0.25) is 0 Å². The Hall–Kier alpha value is -2.26. The number of fused-ring (bicyclic) bond motifs is 1. The zero-order valence-electron chi connectivity index (χ0n) is 11.5. The van der Waals surface area contributed by atoms with Crippen molar-refractivity contribution < 1.29 is 0 Å². The molecule has 0 atom stereocenters. The van der Waals surface area contributed by atoms with Gasteiger partial charge in [0.1, 0.15) is 0 Å². The second kappa shape index (κ2) is 5.80. The van der Waals surface area contributed by atoms with Crippen molar-refractivity contribution in [2.45, 2.75) is 20.0 Å². The molecule has 0 radical (unpaired) electrons. The molecule has 0 spiro atoms. The van der Waals surface area contributed by atoms with Gasteiger partial charge >= 0.3 is 0 Å². The lowest BCUT2D eigenvalue weighted by molar-refractivity contribution is 0.690. The van der Waals surface area contributed by atoms with Crippen LogP contribution < -0.4 is 5.32 Å². The molecule has 0 bridgehead atoms. The zero-order valence-corrected chi connectivity index (χ0v) is 11.5. The molecule has 0 aliphatic rings. The highest BCUT2D eigenvalue weighted by Gasteiger charge is 1.99. The van der Waals surface area contributed by atoms with E-state index in [1.54, 1.807) is 0 Å². The van der Waals surface area contributed by atoms with Gasteiger partial charge in [0.2, 0.25) is 0 Å². The van der Waals surface area contributed by atoms with Gasteiger partial charge < -0.3 is 5.32 Å². The topological polar surface area (TPSA) is 37.8 Å². The third kappa shape index (κ3) is 2.83. The standard InChI is InChI=1S/C17H17N3/c1-13-9-18-7-5-16(13)11-20-10-14-2-3-17-12-19-6-4-15(17)8-14/h2-9,12,20H,10-11H2,1H3. The average Bonchev–Trinajstić information content (AvgIpc) is 2.49. The van der Waals surface area contributed by atoms with Crippen LogP contribution in [-0.2, 0) is 13.1 Å². The summed E-state index contributed by atoms with van der Waals surface area (Å²) >= 11 is 0.